The van der Waals surface area contributed by atoms with Gasteiger partial charge in [-0.15, -0.1) is 0 Å². The molecule has 4 aromatic rings. The van der Waals surface area contributed by atoms with Crippen molar-refractivity contribution < 1.29 is 9.32 Å². The van der Waals surface area contributed by atoms with Crippen LogP contribution in [0.3, 0.4) is 0 Å². The summed E-state index contributed by atoms with van der Waals surface area (Å²) in [7, 11) is 1.67. The fourth-order valence-corrected chi connectivity index (χ4v) is 3.41. The summed E-state index contributed by atoms with van der Waals surface area (Å²) in [4.78, 5) is 30.9. The lowest BCUT2D eigenvalue weighted by Gasteiger charge is -2.20. The van der Waals surface area contributed by atoms with Gasteiger partial charge in [0.05, 0.1) is 23.5 Å². The highest BCUT2D eigenvalue weighted by molar-refractivity contribution is 5.90. The molecule has 0 aliphatic heterocycles. The van der Waals surface area contributed by atoms with E-state index >= 15 is 0 Å². The van der Waals surface area contributed by atoms with Gasteiger partial charge in [-0.05, 0) is 26.0 Å². The fourth-order valence-electron chi connectivity index (χ4n) is 3.41. The Kier molecular flexibility index (Phi) is 5.14. The maximum Gasteiger partial charge on any atom is 0.272 e. The van der Waals surface area contributed by atoms with E-state index in [-0.39, 0.29) is 18.0 Å². The number of H-pyrrole nitrogens is 1. The van der Waals surface area contributed by atoms with Gasteiger partial charge in [0.15, 0.2) is 0 Å². The molecule has 2 heterocycles. The molecule has 0 saturated heterocycles. The molecule has 0 aliphatic carbocycles. The summed E-state index contributed by atoms with van der Waals surface area (Å²) in [5.41, 5.74) is 2.20. The van der Waals surface area contributed by atoms with E-state index in [4.69, 9.17) is 4.52 Å². The minimum atomic E-state index is -0.559. The van der Waals surface area contributed by atoms with Crippen LogP contribution < -0.4 is 5.56 Å². The molecule has 0 bridgehead atoms. The molecule has 8 nitrogen and oxygen atoms in total. The van der Waals surface area contributed by atoms with E-state index in [1.165, 1.54) is 4.90 Å². The molecular weight excluding hydrogens is 382 g/mol. The second kappa shape index (κ2) is 7.90. The van der Waals surface area contributed by atoms with Crippen LogP contribution in [-0.2, 0) is 11.3 Å². The molecule has 1 atom stereocenters. The molecule has 0 radical (unpaired) electrons. The molecule has 2 aromatic heterocycles. The molecule has 0 aliphatic rings. The van der Waals surface area contributed by atoms with E-state index in [0.29, 0.717) is 28.2 Å². The van der Waals surface area contributed by atoms with E-state index < -0.39 is 5.92 Å². The summed E-state index contributed by atoms with van der Waals surface area (Å²) < 4.78 is 5.33. The van der Waals surface area contributed by atoms with Crippen molar-refractivity contribution in [2.75, 3.05) is 7.05 Å². The molecule has 1 amide bonds. The molecule has 1 unspecified atom stereocenters. The number of likely N-dealkylation sites (N-methyl/N-ethyl adjacent to an activating group) is 1. The molecule has 4 rings (SSSR count). The summed E-state index contributed by atoms with van der Waals surface area (Å²) in [6.07, 6.45) is 0. The largest absolute Gasteiger partial charge is 0.337 e. The summed E-state index contributed by atoms with van der Waals surface area (Å²) in [5.74, 6) is 0.0932. The summed E-state index contributed by atoms with van der Waals surface area (Å²) in [6, 6.07) is 14.9. The van der Waals surface area contributed by atoms with Gasteiger partial charge in [0.1, 0.15) is 0 Å². The average molecular weight is 403 g/mol. The van der Waals surface area contributed by atoms with Gasteiger partial charge < -0.3 is 9.42 Å². The number of carbonyl (C=O) groups excluding carboxylic acids is 1. The number of aromatic amines is 1. The van der Waals surface area contributed by atoms with Crippen molar-refractivity contribution in [3.05, 3.63) is 76.0 Å². The van der Waals surface area contributed by atoms with Crippen molar-refractivity contribution in [3.63, 3.8) is 0 Å². The van der Waals surface area contributed by atoms with Crippen LogP contribution in [0.5, 0.6) is 0 Å². The minimum absolute atomic E-state index is 0.170. The Balaban J connectivity index is 1.53. The first kappa shape index (κ1) is 19.5. The van der Waals surface area contributed by atoms with Crippen LogP contribution >= 0.6 is 0 Å². The summed E-state index contributed by atoms with van der Waals surface area (Å²) >= 11 is 0. The van der Waals surface area contributed by atoms with Crippen molar-refractivity contribution in [2.45, 2.75) is 26.3 Å². The standard InChI is InChI=1S/C22H21N5O3/c1-13-7-6-8-15(11-13)20-23-18(30-26-20)12-27(3)22(29)14(2)19-16-9-4-5-10-17(16)21(28)25-24-19/h4-11,14H,12H2,1-3H3,(H,25,28). The summed E-state index contributed by atoms with van der Waals surface area (Å²) in [6.45, 7) is 3.92. The number of hydrogen-bond donors (Lipinski definition) is 1. The van der Waals surface area contributed by atoms with Crippen LogP contribution in [0.4, 0.5) is 0 Å². The van der Waals surface area contributed by atoms with Gasteiger partial charge in [-0.1, -0.05) is 47.1 Å². The zero-order valence-corrected chi connectivity index (χ0v) is 16.9. The van der Waals surface area contributed by atoms with Crippen LogP contribution in [0, 0.1) is 6.92 Å². The maximum absolute atomic E-state index is 13.0. The van der Waals surface area contributed by atoms with Crippen molar-refractivity contribution >= 4 is 16.7 Å². The Bertz CT molecular complexity index is 1280. The SMILES string of the molecule is Cc1cccc(-c2noc(CN(C)C(=O)C(C)c3n[nH]c(=O)c4ccccc34)n2)c1. The second-order valence-corrected chi connectivity index (χ2v) is 7.28. The number of hydrogen-bond acceptors (Lipinski definition) is 6. The van der Waals surface area contributed by atoms with Crippen molar-refractivity contribution in [1.82, 2.24) is 25.2 Å². The third-order valence-corrected chi connectivity index (χ3v) is 5.00. The predicted octanol–water partition coefficient (Wildman–Crippen LogP) is 3.04. The number of aromatic nitrogens is 4. The van der Waals surface area contributed by atoms with E-state index in [2.05, 4.69) is 20.3 Å². The zero-order chi connectivity index (χ0) is 21.3. The fraction of sp³-hybridized carbons (Fsp3) is 0.227. The van der Waals surface area contributed by atoms with Gasteiger partial charge in [0.2, 0.25) is 17.6 Å². The van der Waals surface area contributed by atoms with Crippen LogP contribution in [0.25, 0.3) is 22.2 Å². The first-order valence-electron chi connectivity index (χ1n) is 9.56. The molecule has 30 heavy (non-hydrogen) atoms. The lowest BCUT2D eigenvalue weighted by atomic mass is 10.0. The van der Waals surface area contributed by atoms with E-state index in [9.17, 15) is 9.59 Å². The predicted molar refractivity (Wildman–Crippen MR) is 112 cm³/mol. The molecule has 1 N–H and O–H groups in total. The highest BCUT2D eigenvalue weighted by Gasteiger charge is 2.24. The Morgan fingerprint density at radius 1 is 1.17 bits per heavy atom. The minimum Gasteiger partial charge on any atom is -0.337 e. The van der Waals surface area contributed by atoms with Crippen molar-refractivity contribution in [3.8, 4) is 11.4 Å². The monoisotopic (exact) mass is 403 g/mol. The van der Waals surface area contributed by atoms with Crippen LogP contribution in [0.2, 0.25) is 0 Å². The smallest absolute Gasteiger partial charge is 0.272 e. The lowest BCUT2D eigenvalue weighted by Crippen LogP contribution is -2.31. The van der Waals surface area contributed by atoms with Crippen LogP contribution in [0.1, 0.15) is 30.0 Å². The van der Waals surface area contributed by atoms with Gasteiger partial charge in [0, 0.05) is 18.0 Å². The van der Waals surface area contributed by atoms with Crippen molar-refractivity contribution in [1.29, 1.82) is 0 Å². The normalized spacial score (nSPS) is 12.1. The molecule has 0 saturated carbocycles. The quantitative estimate of drug-likeness (QED) is 0.549. The number of nitrogens with one attached hydrogen (secondary N) is 1. The zero-order valence-electron chi connectivity index (χ0n) is 16.9. The topological polar surface area (TPSA) is 105 Å². The van der Waals surface area contributed by atoms with E-state index in [1.807, 2.05) is 37.3 Å². The Morgan fingerprint density at radius 3 is 2.70 bits per heavy atom. The first-order chi connectivity index (χ1) is 14.4. The van der Waals surface area contributed by atoms with E-state index in [0.717, 1.165) is 11.1 Å². The number of rotatable bonds is 5. The van der Waals surface area contributed by atoms with Crippen LogP contribution in [-0.4, -0.2) is 38.2 Å². The van der Waals surface area contributed by atoms with Gasteiger partial charge in [-0.2, -0.15) is 10.1 Å². The Morgan fingerprint density at radius 2 is 1.93 bits per heavy atom. The number of carbonyl (C=O) groups is 1. The number of fused-ring (bicyclic) bond motifs is 1. The lowest BCUT2D eigenvalue weighted by molar-refractivity contribution is -0.132. The summed E-state index contributed by atoms with van der Waals surface area (Å²) in [5, 5.41) is 11.8. The first-order valence-corrected chi connectivity index (χ1v) is 9.56. The highest BCUT2D eigenvalue weighted by atomic mass is 16.5. The number of aryl methyl sites for hydroxylation is 1. The van der Waals surface area contributed by atoms with Crippen LogP contribution in [0.15, 0.2) is 57.8 Å². The molecule has 8 heteroatoms. The number of amides is 1. The van der Waals surface area contributed by atoms with Gasteiger partial charge in [-0.25, -0.2) is 5.10 Å². The van der Waals surface area contributed by atoms with Gasteiger partial charge in [-0.3, -0.25) is 9.59 Å². The second-order valence-electron chi connectivity index (χ2n) is 7.28. The third-order valence-electron chi connectivity index (χ3n) is 5.00. The molecular formula is C22H21N5O3. The Labute approximate surface area is 172 Å². The molecule has 0 spiro atoms. The molecule has 0 fully saturated rings. The highest BCUT2D eigenvalue weighted by Crippen LogP contribution is 2.23. The van der Waals surface area contributed by atoms with Gasteiger partial charge >= 0.3 is 0 Å². The third kappa shape index (κ3) is 3.71. The Hall–Kier alpha value is -3.81. The molecule has 2 aromatic carbocycles. The van der Waals surface area contributed by atoms with Gasteiger partial charge in [0.25, 0.3) is 5.56 Å². The van der Waals surface area contributed by atoms with Crippen molar-refractivity contribution in [2.24, 2.45) is 0 Å². The maximum atomic E-state index is 13.0. The average Bonchev–Trinajstić information content (AvgIpc) is 3.22. The van der Waals surface area contributed by atoms with E-state index in [1.54, 1.807) is 32.2 Å². The molecule has 152 valence electrons. The number of nitrogens with zero attached hydrogens (tertiary/aromatic N) is 4. The number of benzene rings is 2.